The Morgan fingerprint density at radius 1 is 1.09 bits per heavy atom. The van der Waals surface area contributed by atoms with Gasteiger partial charge in [-0.25, -0.2) is 9.97 Å². The monoisotopic (exact) mass is 363 g/mol. The molecule has 22 heavy (non-hydrogen) atoms. The number of hydrogen-bond acceptors (Lipinski definition) is 5. The first-order chi connectivity index (χ1) is 10.4. The molecule has 0 aromatic carbocycles. The summed E-state index contributed by atoms with van der Waals surface area (Å²) < 4.78 is 0.701. The summed E-state index contributed by atoms with van der Waals surface area (Å²) in [7, 11) is 0. The van der Waals surface area contributed by atoms with Gasteiger partial charge in [-0.15, -0.1) is 0 Å². The smallest absolute Gasteiger partial charge is 0.249 e. The van der Waals surface area contributed by atoms with Crippen molar-refractivity contribution in [2.75, 3.05) is 16.8 Å². The van der Waals surface area contributed by atoms with Gasteiger partial charge in [-0.3, -0.25) is 4.79 Å². The van der Waals surface area contributed by atoms with Crippen LogP contribution in [0.3, 0.4) is 0 Å². The number of aromatic nitrogens is 2. The molecule has 0 unspecified atom stereocenters. The Kier molecular flexibility index (Phi) is 7.04. The van der Waals surface area contributed by atoms with Crippen molar-refractivity contribution in [1.29, 1.82) is 0 Å². The third kappa shape index (κ3) is 7.39. The number of halogens is 1. The van der Waals surface area contributed by atoms with Gasteiger partial charge in [0.2, 0.25) is 5.91 Å². The van der Waals surface area contributed by atoms with Crippen molar-refractivity contribution in [3.8, 4) is 0 Å². The minimum absolute atomic E-state index is 0.157. The summed E-state index contributed by atoms with van der Waals surface area (Å²) in [5.41, 5.74) is 11.5. The number of rotatable bonds is 2. The molecule has 0 saturated heterocycles. The van der Waals surface area contributed by atoms with Crippen molar-refractivity contribution in [3.63, 3.8) is 0 Å². The lowest BCUT2D eigenvalue weighted by atomic mass is 10.3. The first kappa shape index (κ1) is 17.6. The maximum Gasteiger partial charge on any atom is 0.249 e. The molecule has 0 atom stereocenters. The molecule has 5 N–H and O–H groups in total. The number of hydrogen-bond donors (Lipinski definition) is 3. The average molecular weight is 364 g/mol. The van der Waals surface area contributed by atoms with Gasteiger partial charge < -0.3 is 16.8 Å². The van der Waals surface area contributed by atoms with Crippen LogP contribution in [-0.4, -0.2) is 15.9 Å². The zero-order chi connectivity index (χ0) is 16.5. The van der Waals surface area contributed by atoms with Gasteiger partial charge in [0.05, 0.1) is 0 Å². The number of nitrogen functional groups attached to an aromatic ring is 2. The van der Waals surface area contributed by atoms with E-state index >= 15 is 0 Å². The van der Waals surface area contributed by atoms with Crippen LogP contribution < -0.4 is 16.8 Å². The van der Waals surface area contributed by atoms with Gasteiger partial charge in [0, 0.05) is 6.08 Å². The molecule has 0 aliphatic carbocycles. The number of nitrogens with one attached hydrogen (secondary N) is 1. The summed E-state index contributed by atoms with van der Waals surface area (Å²) in [6, 6.07) is 10.5. The topological polar surface area (TPSA) is 107 Å². The zero-order valence-corrected chi connectivity index (χ0v) is 14.0. The largest absolute Gasteiger partial charge is 0.384 e. The zero-order valence-electron chi connectivity index (χ0n) is 12.4. The van der Waals surface area contributed by atoms with E-state index in [2.05, 4.69) is 31.2 Å². The van der Waals surface area contributed by atoms with E-state index < -0.39 is 0 Å². The van der Waals surface area contributed by atoms with Gasteiger partial charge >= 0.3 is 0 Å². The summed E-state index contributed by atoms with van der Waals surface area (Å²) >= 11 is 3.23. The molecular weight excluding hydrogens is 346 g/mol. The van der Waals surface area contributed by atoms with Crippen molar-refractivity contribution in [2.45, 2.75) is 13.8 Å². The summed E-state index contributed by atoms with van der Waals surface area (Å²) in [5.74, 6) is 1.31. The number of nitrogens with two attached hydrogens (primary N) is 2. The van der Waals surface area contributed by atoms with Crippen molar-refractivity contribution in [2.24, 2.45) is 0 Å². The standard InChI is InChI=1S/C10H11BrN2O.C5H7N3/c1-7(2)6-10(14)13-9-5-3-4-8(11)12-9;6-4-2-1-3-5(7)8-4/h3-6H,1-2H3,(H,12,13,14);1-3H,(H4,6,7,8). The number of carbonyl (C=O) groups is 1. The fourth-order valence-corrected chi connectivity index (χ4v) is 1.71. The highest BCUT2D eigenvalue weighted by atomic mass is 79.9. The van der Waals surface area contributed by atoms with Crippen LogP contribution in [0.25, 0.3) is 0 Å². The van der Waals surface area contributed by atoms with Crippen molar-refractivity contribution < 1.29 is 4.79 Å². The predicted octanol–water partition coefficient (Wildman–Crippen LogP) is 2.99. The van der Waals surface area contributed by atoms with Crippen LogP contribution in [0.5, 0.6) is 0 Å². The Morgan fingerprint density at radius 3 is 2.14 bits per heavy atom. The Bertz CT molecular complexity index is 651. The van der Waals surface area contributed by atoms with Crippen molar-refractivity contribution in [3.05, 3.63) is 52.7 Å². The lowest BCUT2D eigenvalue weighted by Gasteiger charge is -2.01. The molecule has 1 amide bonds. The van der Waals surface area contributed by atoms with Crippen LogP contribution in [0.2, 0.25) is 0 Å². The lowest BCUT2D eigenvalue weighted by molar-refractivity contribution is -0.112. The fourth-order valence-electron chi connectivity index (χ4n) is 1.37. The first-order valence-corrected chi connectivity index (χ1v) is 7.22. The molecule has 0 radical (unpaired) electrons. The molecule has 2 heterocycles. The number of amides is 1. The highest BCUT2D eigenvalue weighted by Crippen LogP contribution is 2.10. The second kappa shape index (κ2) is 8.78. The maximum absolute atomic E-state index is 11.3. The van der Waals surface area contributed by atoms with Crippen LogP contribution in [0, 0.1) is 0 Å². The highest BCUT2D eigenvalue weighted by Gasteiger charge is 1.99. The molecule has 0 saturated carbocycles. The normalized spacial score (nSPS) is 9.23. The first-order valence-electron chi connectivity index (χ1n) is 6.43. The molecule has 0 fully saturated rings. The predicted molar refractivity (Wildman–Crippen MR) is 93.1 cm³/mol. The van der Waals surface area contributed by atoms with Gasteiger partial charge in [0.15, 0.2) is 0 Å². The van der Waals surface area contributed by atoms with E-state index in [9.17, 15) is 4.79 Å². The Balaban J connectivity index is 0.000000255. The van der Waals surface area contributed by atoms with E-state index in [1.807, 2.05) is 19.9 Å². The van der Waals surface area contributed by atoms with Crippen LogP contribution in [0.4, 0.5) is 17.5 Å². The molecule has 0 bridgehead atoms. The van der Waals surface area contributed by atoms with E-state index in [-0.39, 0.29) is 5.91 Å². The molecule has 116 valence electrons. The molecule has 7 heteroatoms. The van der Waals surface area contributed by atoms with Gasteiger partial charge in [0.1, 0.15) is 22.1 Å². The van der Waals surface area contributed by atoms with E-state index in [4.69, 9.17) is 11.5 Å². The number of allylic oxidation sites excluding steroid dienone is 1. The molecule has 0 aliphatic heterocycles. The number of anilines is 3. The third-order valence-electron chi connectivity index (χ3n) is 2.18. The van der Waals surface area contributed by atoms with Gasteiger partial charge in [-0.2, -0.15) is 0 Å². The van der Waals surface area contributed by atoms with Gasteiger partial charge in [-0.05, 0) is 54.0 Å². The molecule has 2 aromatic heterocycles. The second-order valence-corrected chi connectivity index (χ2v) is 5.36. The lowest BCUT2D eigenvalue weighted by Crippen LogP contribution is -2.09. The van der Waals surface area contributed by atoms with Crippen LogP contribution >= 0.6 is 15.9 Å². The number of carbonyl (C=O) groups excluding carboxylic acids is 1. The summed E-state index contributed by atoms with van der Waals surface area (Å²) in [6.45, 7) is 3.74. The van der Waals surface area contributed by atoms with Gasteiger partial charge in [-0.1, -0.05) is 17.7 Å². The molecule has 2 aromatic rings. The van der Waals surface area contributed by atoms with E-state index in [0.717, 1.165) is 5.57 Å². The van der Waals surface area contributed by atoms with E-state index in [0.29, 0.717) is 22.1 Å². The number of nitrogens with zero attached hydrogens (tertiary/aromatic N) is 2. The molecule has 0 spiro atoms. The SMILES string of the molecule is CC(C)=CC(=O)Nc1cccc(Br)n1.Nc1cccc(N)n1. The Morgan fingerprint density at radius 2 is 1.68 bits per heavy atom. The summed E-state index contributed by atoms with van der Waals surface area (Å²) in [6.07, 6.45) is 1.53. The van der Waals surface area contributed by atoms with E-state index in [1.54, 1.807) is 30.3 Å². The molecule has 0 aliphatic rings. The minimum Gasteiger partial charge on any atom is -0.384 e. The van der Waals surface area contributed by atoms with Crippen molar-refractivity contribution in [1.82, 2.24) is 9.97 Å². The quantitative estimate of drug-likeness (QED) is 0.561. The Labute approximate surface area is 137 Å². The summed E-state index contributed by atoms with van der Waals surface area (Å²) in [5, 5.41) is 2.66. The minimum atomic E-state index is -0.157. The average Bonchev–Trinajstić information content (AvgIpc) is 2.37. The van der Waals surface area contributed by atoms with E-state index in [1.165, 1.54) is 6.08 Å². The highest BCUT2D eigenvalue weighted by molar-refractivity contribution is 9.10. The number of pyridine rings is 2. The van der Waals surface area contributed by atoms with Crippen LogP contribution in [-0.2, 0) is 4.79 Å². The molecule has 6 nitrogen and oxygen atoms in total. The Hall–Kier alpha value is -2.41. The molecular formula is C15H18BrN5O. The summed E-state index contributed by atoms with van der Waals surface area (Å²) in [4.78, 5) is 19.1. The van der Waals surface area contributed by atoms with Crippen LogP contribution in [0.1, 0.15) is 13.8 Å². The van der Waals surface area contributed by atoms with Crippen LogP contribution in [0.15, 0.2) is 52.7 Å². The second-order valence-electron chi connectivity index (χ2n) is 4.54. The fraction of sp³-hybridized carbons (Fsp3) is 0.133. The van der Waals surface area contributed by atoms with Crippen molar-refractivity contribution >= 4 is 39.3 Å². The van der Waals surface area contributed by atoms with Gasteiger partial charge in [0.25, 0.3) is 0 Å². The molecule has 2 rings (SSSR count). The third-order valence-corrected chi connectivity index (χ3v) is 2.62. The maximum atomic E-state index is 11.3.